The van der Waals surface area contributed by atoms with Gasteiger partial charge in [-0.1, -0.05) is 37.1 Å². The molecule has 116 valence electrons. The van der Waals surface area contributed by atoms with Crippen LogP contribution < -0.4 is 11.1 Å². The van der Waals surface area contributed by atoms with Gasteiger partial charge in [-0.3, -0.25) is 4.99 Å². The first-order valence-corrected chi connectivity index (χ1v) is 8.63. The van der Waals surface area contributed by atoms with Crippen molar-refractivity contribution < 1.29 is 0 Å². The summed E-state index contributed by atoms with van der Waals surface area (Å²) in [6.07, 6.45) is 6.28. The van der Waals surface area contributed by atoms with Crippen LogP contribution in [0.3, 0.4) is 0 Å². The lowest BCUT2D eigenvalue weighted by molar-refractivity contribution is 0.625. The van der Waals surface area contributed by atoms with Gasteiger partial charge in [0.05, 0.1) is 6.54 Å². The van der Waals surface area contributed by atoms with E-state index in [9.17, 15) is 0 Å². The number of nitrogens with zero attached hydrogens (tertiary/aromatic N) is 1. The third-order valence-corrected chi connectivity index (χ3v) is 5.47. The molecule has 0 aromatic heterocycles. The summed E-state index contributed by atoms with van der Waals surface area (Å²) in [5.74, 6) is 1.81. The summed E-state index contributed by atoms with van der Waals surface area (Å²) in [5.41, 5.74) is 8.95. The summed E-state index contributed by atoms with van der Waals surface area (Å²) in [4.78, 5) is 4.57. The molecule has 3 N–H and O–H groups in total. The van der Waals surface area contributed by atoms with E-state index >= 15 is 0 Å². The molecule has 1 heterocycles. The normalized spacial score (nSPS) is 22.5. The number of nitrogens with one attached hydrogen (secondary N) is 1. The van der Waals surface area contributed by atoms with Crippen LogP contribution >= 0.6 is 35.7 Å². The first-order valence-electron chi connectivity index (χ1n) is 7.59. The van der Waals surface area contributed by atoms with Crippen LogP contribution in [0.2, 0.25) is 0 Å². The quantitative estimate of drug-likeness (QED) is 0.450. The number of hydrogen-bond acceptors (Lipinski definition) is 2. The van der Waals surface area contributed by atoms with Gasteiger partial charge in [-0.25, -0.2) is 0 Å². The van der Waals surface area contributed by atoms with Crippen molar-refractivity contribution in [1.82, 2.24) is 5.32 Å². The molecule has 0 bridgehead atoms. The second kappa shape index (κ2) is 8.27. The van der Waals surface area contributed by atoms with Gasteiger partial charge in [0.25, 0.3) is 0 Å². The van der Waals surface area contributed by atoms with Crippen molar-refractivity contribution in [2.45, 2.75) is 43.4 Å². The summed E-state index contributed by atoms with van der Waals surface area (Å²) in [5, 5.41) is 3.82. The maximum atomic E-state index is 6.02. The number of hydrogen-bond donors (Lipinski definition) is 2. The minimum Gasteiger partial charge on any atom is -0.370 e. The Hall–Kier alpha value is -0.430. The summed E-state index contributed by atoms with van der Waals surface area (Å²) in [6.45, 7) is 0.785. The molecule has 1 fully saturated rings. The van der Waals surface area contributed by atoms with Gasteiger partial charge >= 0.3 is 0 Å². The smallest absolute Gasteiger partial charge is 0.188 e. The molecule has 0 saturated heterocycles. The molecule has 3 rings (SSSR count). The number of thioether (sulfide) groups is 1. The molecule has 1 aromatic rings. The van der Waals surface area contributed by atoms with E-state index in [2.05, 4.69) is 34.6 Å². The number of benzene rings is 1. The van der Waals surface area contributed by atoms with Crippen LogP contribution in [0.15, 0.2) is 29.3 Å². The van der Waals surface area contributed by atoms with Crippen molar-refractivity contribution in [2.24, 2.45) is 10.7 Å². The van der Waals surface area contributed by atoms with E-state index in [4.69, 9.17) is 5.73 Å². The third kappa shape index (κ3) is 4.52. The molecule has 2 aliphatic rings. The van der Waals surface area contributed by atoms with E-state index in [1.807, 2.05) is 11.8 Å². The second-order valence-corrected chi connectivity index (χ2v) is 6.97. The lowest BCUT2D eigenvalue weighted by Crippen LogP contribution is -2.38. The zero-order valence-corrected chi connectivity index (χ0v) is 15.4. The predicted molar refractivity (Wildman–Crippen MR) is 103 cm³/mol. The molecule has 1 atom stereocenters. The minimum absolute atomic E-state index is 0. The van der Waals surface area contributed by atoms with Gasteiger partial charge in [0, 0.05) is 11.3 Å². The average molecular weight is 417 g/mol. The van der Waals surface area contributed by atoms with Crippen molar-refractivity contribution in [1.29, 1.82) is 0 Å². The van der Waals surface area contributed by atoms with E-state index in [1.54, 1.807) is 0 Å². The molecule has 5 heteroatoms. The van der Waals surface area contributed by atoms with Crippen LogP contribution in [0, 0.1) is 0 Å². The van der Waals surface area contributed by atoms with Gasteiger partial charge < -0.3 is 11.1 Å². The van der Waals surface area contributed by atoms with Gasteiger partial charge in [-0.15, -0.1) is 24.0 Å². The molecule has 0 amide bonds. The molecule has 1 aliphatic heterocycles. The Labute approximate surface area is 148 Å². The molecule has 3 nitrogen and oxygen atoms in total. The number of aryl methyl sites for hydroxylation is 1. The van der Waals surface area contributed by atoms with Crippen LogP contribution in [0.5, 0.6) is 0 Å². The largest absolute Gasteiger partial charge is 0.370 e. The van der Waals surface area contributed by atoms with Crippen LogP contribution in [0.25, 0.3) is 0 Å². The molecule has 1 unspecified atom stereocenters. The fourth-order valence-corrected chi connectivity index (χ4v) is 4.35. The fourth-order valence-electron chi connectivity index (χ4n) is 3.13. The first-order chi connectivity index (χ1) is 9.83. The summed E-state index contributed by atoms with van der Waals surface area (Å²) < 4.78 is 0. The van der Waals surface area contributed by atoms with Gasteiger partial charge in [0.1, 0.15) is 0 Å². The molecular weight excluding hydrogens is 393 g/mol. The molecule has 1 aromatic carbocycles. The van der Waals surface area contributed by atoms with Gasteiger partial charge in [-0.2, -0.15) is 11.8 Å². The lowest BCUT2D eigenvalue weighted by atomic mass is 10.0. The lowest BCUT2D eigenvalue weighted by Gasteiger charge is -2.24. The van der Waals surface area contributed by atoms with Crippen LogP contribution in [-0.2, 0) is 6.42 Å². The topological polar surface area (TPSA) is 50.4 Å². The Bertz CT molecular complexity index is 486. The number of rotatable bonds is 3. The maximum absolute atomic E-state index is 6.02. The van der Waals surface area contributed by atoms with E-state index in [0.717, 1.165) is 6.54 Å². The van der Waals surface area contributed by atoms with Crippen LogP contribution in [0.4, 0.5) is 0 Å². The molecular formula is C16H24IN3S. The molecule has 0 radical (unpaired) electrons. The van der Waals surface area contributed by atoms with E-state index in [1.165, 1.54) is 49.0 Å². The van der Waals surface area contributed by atoms with Crippen LogP contribution in [-0.4, -0.2) is 24.3 Å². The summed E-state index contributed by atoms with van der Waals surface area (Å²) in [7, 11) is 0. The predicted octanol–water partition coefficient (Wildman–Crippen LogP) is 3.48. The standard InChI is InChI=1S/C16H23N3S.HI/c17-16(19-13-6-2-3-7-13)18-11-15-14-8-4-1-5-12(14)9-10-20-15;/h1,4-5,8,13,15H,2-3,6-7,9-11H2,(H3,17,18,19);1H. The Morgan fingerprint density at radius 2 is 2.05 bits per heavy atom. The second-order valence-electron chi connectivity index (χ2n) is 5.66. The molecule has 0 spiro atoms. The van der Waals surface area contributed by atoms with Gasteiger partial charge in [-0.05, 0) is 36.1 Å². The van der Waals surface area contributed by atoms with Crippen LogP contribution in [0.1, 0.15) is 42.1 Å². The number of aliphatic imine (C=N–C) groups is 1. The average Bonchev–Trinajstić information content (AvgIpc) is 2.98. The van der Waals surface area contributed by atoms with E-state index in [0.29, 0.717) is 17.3 Å². The zero-order chi connectivity index (χ0) is 13.8. The molecule has 1 saturated carbocycles. The van der Waals surface area contributed by atoms with Gasteiger partial charge in [0.15, 0.2) is 5.96 Å². The monoisotopic (exact) mass is 417 g/mol. The zero-order valence-electron chi connectivity index (χ0n) is 12.3. The Kier molecular flexibility index (Phi) is 6.67. The Balaban J connectivity index is 0.00000161. The highest BCUT2D eigenvalue weighted by Gasteiger charge is 2.20. The fraction of sp³-hybridized carbons (Fsp3) is 0.562. The van der Waals surface area contributed by atoms with Crippen molar-refractivity contribution in [2.75, 3.05) is 12.3 Å². The number of nitrogens with two attached hydrogens (primary N) is 1. The van der Waals surface area contributed by atoms with E-state index in [-0.39, 0.29) is 24.0 Å². The molecule has 1 aliphatic carbocycles. The highest BCUT2D eigenvalue weighted by molar-refractivity contribution is 14.0. The van der Waals surface area contributed by atoms with Crippen molar-refractivity contribution in [3.8, 4) is 0 Å². The number of guanidine groups is 1. The Morgan fingerprint density at radius 3 is 2.86 bits per heavy atom. The maximum Gasteiger partial charge on any atom is 0.188 e. The minimum atomic E-state index is 0. The Morgan fingerprint density at radius 1 is 1.29 bits per heavy atom. The van der Waals surface area contributed by atoms with Crippen molar-refractivity contribution in [3.05, 3.63) is 35.4 Å². The van der Waals surface area contributed by atoms with Gasteiger partial charge in [0.2, 0.25) is 0 Å². The highest BCUT2D eigenvalue weighted by Crippen LogP contribution is 2.36. The number of fused-ring (bicyclic) bond motifs is 1. The molecule has 21 heavy (non-hydrogen) atoms. The summed E-state index contributed by atoms with van der Waals surface area (Å²) in [6, 6.07) is 9.28. The highest BCUT2D eigenvalue weighted by atomic mass is 127. The SMILES string of the molecule is I.NC(=NCC1SCCc2ccccc21)NC1CCCC1. The first kappa shape index (κ1) is 16.9. The van der Waals surface area contributed by atoms with Crippen molar-refractivity contribution >= 4 is 41.7 Å². The van der Waals surface area contributed by atoms with E-state index < -0.39 is 0 Å². The third-order valence-electron chi connectivity index (χ3n) is 4.23. The summed E-state index contributed by atoms with van der Waals surface area (Å²) >= 11 is 2.00. The number of halogens is 1. The van der Waals surface area contributed by atoms with Crippen molar-refractivity contribution in [3.63, 3.8) is 0 Å².